The Hall–Kier alpha value is 0.510. The number of ether oxygens (including phenoxy) is 3. The predicted octanol–water partition coefficient (Wildman–Crippen LogP) is 5.54. The van der Waals surface area contributed by atoms with Crippen LogP contribution in [0.2, 0.25) is 0 Å². The number of carbonyl (C=O) groups excluding carboxylic acids is 1. The average Bonchev–Trinajstić information content (AvgIpc) is 3.01. The van der Waals surface area contributed by atoms with E-state index in [9.17, 15) is 4.79 Å². The molecule has 1 rings (SSSR count). The minimum Gasteiger partial charge on any atom is -0.379 e. The van der Waals surface area contributed by atoms with Crippen molar-refractivity contribution in [3.63, 3.8) is 0 Å². The quantitative estimate of drug-likeness (QED) is 0.189. The van der Waals surface area contributed by atoms with Crippen molar-refractivity contribution in [3.05, 3.63) is 0 Å². The van der Waals surface area contributed by atoms with Crippen molar-refractivity contribution >= 4 is 37.6 Å². The number of carbonyl (C=O) groups is 1. The van der Waals surface area contributed by atoms with Gasteiger partial charge in [-0.3, -0.25) is 4.79 Å². The van der Waals surface area contributed by atoms with Gasteiger partial charge in [-0.25, -0.2) is 0 Å². The number of hydrogen-bond donors (Lipinski definition) is 0. The Balaban J connectivity index is 2.04. The highest BCUT2D eigenvalue weighted by molar-refractivity contribution is 9.12. The zero-order valence-corrected chi connectivity index (χ0v) is 20.3. The summed E-state index contributed by atoms with van der Waals surface area (Å²) in [7, 11) is 0. The molecule has 0 aromatic heterocycles. The van der Waals surface area contributed by atoms with E-state index in [-0.39, 0.29) is 5.92 Å². The fourth-order valence-corrected chi connectivity index (χ4v) is 4.58. The predicted molar refractivity (Wildman–Crippen MR) is 118 cm³/mol. The van der Waals surface area contributed by atoms with E-state index < -0.39 is 0 Å². The molecule has 0 aromatic carbocycles. The zero-order valence-electron chi connectivity index (χ0n) is 17.1. The van der Waals surface area contributed by atoms with Gasteiger partial charge in [0, 0.05) is 35.2 Å². The van der Waals surface area contributed by atoms with Crippen LogP contribution in [0, 0.1) is 11.8 Å². The number of rotatable bonds is 17. The second-order valence-electron chi connectivity index (χ2n) is 7.38. The summed E-state index contributed by atoms with van der Waals surface area (Å²) in [4.78, 5) is 13.1. The lowest BCUT2D eigenvalue weighted by Crippen LogP contribution is -2.23. The summed E-state index contributed by atoms with van der Waals surface area (Å²) in [5, 5.41) is 0. The molecule has 1 fully saturated rings. The zero-order chi connectivity index (χ0) is 19.9. The van der Waals surface area contributed by atoms with Crippen molar-refractivity contribution in [1.29, 1.82) is 0 Å². The minimum atomic E-state index is 0.241. The number of halogens is 2. The smallest absolute Gasteiger partial charge is 0.136 e. The Kier molecular flexibility index (Phi) is 15.4. The average molecular weight is 514 g/mol. The van der Waals surface area contributed by atoms with Crippen molar-refractivity contribution in [2.75, 3.05) is 39.6 Å². The van der Waals surface area contributed by atoms with Crippen LogP contribution in [0.4, 0.5) is 0 Å². The number of ketones is 1. The normalized spacial score (nSPS) is 22.3. The molecule has 0 saturated heterocycles. The Labute approximate surface area is 182 Å². The summed E-state index contributed by atoms with van der Waals surface area (Å²) in [5.74, 6) is 1.27. The fourth-order valence-electron chi connectivity index (χ4n) is 3.59. The molecule has 0 radical (unpaired) electrons. The number of unbranched alkanes of at least 4 members (excludes halogenated alkanes) is 1. The number of Topliss-reactive ketones (excluding diaryl/α,β-unsaturated/α-hetero) is 1. The maximum absolute atomic E-state index is 12.3. The number of hydrogen-bond acceptors (Lipinski definition) is 4. The van der Waals surface area contributed by atoms with Gasteiger partial charge in [0.25, 0.3) is 0 Å². The van der Waals surface area contributed by atoms with Gasteiger partial charge in [0.15, 0.2) is 0 Å². The molecule has 0 spiro atoms. The number of alkyl halides is 2. The van der Waals surface area contributed by atoms with Gasteiger partial charge in [-0.15, -0.1) is 0 Å². The van der Waals surface area contributed by atoms with Gasteiger partial charge in [0.05, 0.1) is 26.4 Å². The molecule has 0 N–H and O–H groups in total. The molecule has 0 aromatic rings. The first-order valence-electron chi connectivity index (χ1n) is 10.6. The Morgan fingerprint density at radius 2 is 1.56 bits per heavy atom. The summed E-state index contributed by atoms with van der Waals surface area (Å²) in [5.41, 5.74) is 0. The molecule has 4 atom stereocenters. The van der Waals surface area contributed by atoms with Gasteiger partial charge in [0.1, 0.15) is 5.78 Å². The molecule has 1 aliphatic carbocycles. The van der Waals surface area contributed by atoms with Crippen LogP contribution in [-0.4, -0.2) is 55.1 Å². The first-order chi connectivity index (χ1) is 13.1. The third kappa shape index (κ3) is 11.3. The molecule has 4 unspecified atom stereocenters. The maximum Gasteiger partial charge on any atom is 0.136 e. The Morgan fingerprint density at radius 1 is 0.926 bits per heavy atom. The molecule has 4 nitrogen and oxygen atoms in total. The second-order valence-corrected chi connectivity index (χ2v) is 9.73. The van der Waals surface area contributed by atoms with Gasteiger partial charge in [-0.1, -0.05) is 52.1 Å². The molecular weight excluding hydrogens is 476 g/mol. The topological polar surface area (TPSA) is 44.8 Å². The van der Waals surface area contributed by atoms with Crippen LogP contribution in [0.15, 0.2) is 0 Å². The second kappa shape index (κ2) is 16.3. The first kappa shape index (κ1) is 25.5. The highest BCUT2D eigenvalue weighted by Gasteiger charge is 2.36. The first-order valence-corrected chi connectivity index (χ1v) is 12.5. The maximum atomic E-state index is 12.3. The summed E-state index contributed by atoms with van der Waals surface area (Å²) < 4.78 is 16.5. The van der Waals surface area contributed by atoms with E-state index in [0.29, 0.717) is 47.8 Å². The molecular formula is C21H38Br2O4. The molecule has 0 amide bonds. The molecule has 27 heavy (non-hydrogen) atoms. The summed E-state index contributed by atoms with van der Waals surface area (Å²) in [6.07, 6.45) is 8.26. The molecule has 0 aliphatic heterocycles. The molecule has 1 saturated carbocycles. The van der Waals surface area contributed by atoms with Crippen molar-refractivity contribution in [1.82, 2.24) is 0 Å². The third-order valence-corrected chi connectivity index (χ3v) is 8.22. The van der Waals surface area contributed by atoms with Crippen molar-refractivity contribution < 1.29 is 19.0 Å². The van der Waals surface area contributed by atoms with E-state index >= 15 is 0 Å². The lowest BCUT2D eigenvalue weighted by molar-refractivity contribution is -0.121. The van der Waals surface area contributed by atoms with Crippen LogP contribution in [0.1, 0.15) is 65.2 Å². The van der Waals surface area contributed by atoms with Crippen molar-refractivity contribution in [2.24, 2.45) is 11.8 Å². The van der Waals surface area contributed by atoms with E-state index in [1.54, 1.807) is 0 Å². The van der Waals surface area contributed by atoms with Crippen LogP contribution in [0.5, 0.6) is 0 Å². The minimum absolute atomic E-state index is 0.241. The van der Waals surface area contributed by atoms with E-state index in [4.69, 9.17) is 14.2 Å². The standard InChI is InChI=1S/C21H38Br2O4/c1-3-10-25-12-14-27-15-13-26-11-6-5-7-17-8-9-21(24)18(17)16-20(23)19(22)4-2/h17-20H,3-16H2,1-2H3. The van der Waals surface area contributed by atoms with Gasteiger partial charge in [0.2, 0.25) is 0 Å². The van der Waals surface area contributed by atoms with E-state index in [1.165, 1.54) is 0 Å². The van der Waals surface area contributed by atoms with Gasteiger partial charge in [-0.2, -0.15) is 0 Å². The van der Waals surface area contributed by atoms with Crippen molar-refractivity contribution in [2.45, 2.75) is 74.9 Å². The summed E-state index contributed by atoms with van der Waals surface area (Å²) in [6, 6.07) is 0. The fraction of sp³-hybridized carbons (Fsp3) is 0.952. The lowest BCUT2D eigenvalue weighted by Gasteiger charge is -2.23. The van der Waals surface area contributed by atoms with E-state index in [1.807, 2.05) is 0 Å². The van der Waals surface area contributed by atoms with Gasteiger partial charge >= 0.3 is 0 Å². The molecule has 6 heteroatoms. The monoisotopic (exact) mass is 512 g/mol. The largest absolute Gasteiger partial charge is 0.379 e. The highest BCUT2D eigenvalue weighted by Crippen LogP contribution is 2.38. The van der Waals surface area contributed by atoms with Crippen LogP contribution in [0.25, 0.3) is 0 Å². The SMILES string of the molecule is CCCOCCOCCOCCCCC1CCC(=O)C1CC(Br)C(Br)CC. The van der Waals surface area contributed by atoms with Crippen LogP contribution < -0.4 is 0 Å². The van der Waals surface area contributed by atoms with Crippen LogP contribution in [-0.2, 0) is 19.0 Å². The molecule has 0 heterocycles. The van der Waals surface area contributed by atoms with Crippen LogP contribution >= 0.6 is 31.9 Å². The Bertz CT molecular complexity index is 381. The molecule has 160 valence electrons. The highest BCUT2D eigenvalue weighted by atomic mass is 79.9. The van der Waals surface area contributed by atoms with Gasteiger partial charge < -0.3 is 14.2 Å². The lowest BCUT2D eigenvalue weighted by atomic mass is 9.86. The summed E-state index contributed by atoms with van der Waals surface area (Å²) in [6.45, 7) is 8.44. The van der Waals surface area contributed by atoms with E-state index in [2.05, 4.69) is 45.7 Å². The Morgan fingerprint density at radius 3 is 2.19 bits per heavy atom. The van der Waals surface area contributed by atoms with E-state index in [0.717, 1.165) is 64.6 Å². The summed E-state index contributed by atoms with van der Waals surface area (Å²) >= 11 is 7.48. The third-order valence-electron chi connectivity index (χ3n) is 5.21. The molecule has 1 aliphatic rings. The van der Waals surface area contributed by atoms with Crippen molar-refractivity contribution in [3.8, 4) is 0 Å². The van der Waals surface area contributed by atoms with Crippen LogP contribution in [0.3, 0.4) is 0 Å². The van der Waals surface area contributed by atoms with Gasteiger partial charge in [-0.05, 0) is 44.4 Å². The molecule has 0 bridgehead atoms.